The van der Waals surface area contributed by atoms with Gasteiger partial charge in [-0.1, -0.05) is 12.1 Å². The molecule has 5 heteroatoms. The molecule has 1 N–H and O–H groups in total. The molecule has 0 spiro atoms. The Morgan fingerprint density at radius 1 is 1.38 bits per heavy atom. The lowest BCUT2D eigenvalue weighted by Gasteiger charge is -2.35. The Morgan fingerprint density at radius 3 is 2.43 bits per heavy atom. The smallest absolute Gasteiger partial charge is 0.228 e. The van der Waals surface area contributed by atoms with Crippen molar-refractivity contribution in [3.8, 4) is 5.75 Å². The molecule has 118 valence electrons. The highest BCUT2D eigenvalue weighted by Gasteiger charge is 2.30. The van der Waals surface area contributed by atoms with Gasteiger partial charge in [-0.25, -0.2) is 0 Å². The number of methoxy groups -OCH3 is 1. The number of nitrogens with zero attached hydrogens (tertiary/aromatic N) is 1. The zero-order valence-electron chi connectivity index (χ0n) is 13.0. The van der Waals surface area contributed by atoms with Gasteiger partial charge in [-0.15, -0.1) is 12.4 Å². The number of nitrogens with one attached hydrogen (secondary N) is 1. The van der Waals surface area contributed by atoms with Crippen LogP contribution in [-0.4, -0.2) is 43.6 Å². The molecule has 1 aliphatic heterocycles. The van der Waals surface area contributed by atoms with Crippen molar-refractivity contribution in [2.24, 2.45) is 5.92 Å². The predicted octanol–water partition coefficient (Wildman–Crippen LogP) is 2.12. The topological polar surface area (TPSA) is 41.6 Å². The van der Waals surface area contributed by atoms with E-state index in [4.69, 9.17) is 4.74 Å². The van der Waals surface area contributed by atoms with Gasteiger partial charge in [0.15, 0.2) is 0 Å². The molecule has 0 bridgehead atoms. The highest BCUT2D eigenvalue weighted by Crippen LogP contribution is 2.17. The van der Waals surface area contributed by atoms with Crippen molar-refractivity contribution in [1.82, 2.24) is 10.2 Å². The molecule has 0 aliphatic carbocycles. The summed E-state index contributed by atoms with van der Waals surface area (Å²) in [5.41, 5.74) is 1.23. The van der Waals surface area contributed by atoms with Crippen LogP contribution in [0.3, 0.4) is 0 Å². The number of hydrogen-bond donors (Lipinski definition) is 1. The molecule has 1 aromatic rings. The van der Waals surface area contributed by atoms with Crippen LogP contribution in [0.1, 0.15) is 19.4 Å². The van der Waals surface area contributed by atoms with E-state index in [9.17, 15) is 4.79 Å². The fourth-order valence-corrected chi connectivity index (χ4v) is 2.60. The molecule has 1 heterocycles. The molecular weight excluding hydrogens is 288 g/mol. The van der Waals surface area contributed by atoms with Gasteiger partial charge >= 0.3 is 0 Å². The first-order valence-electron chi connectivity index (χ1n) is 7.29. The van der Waals surface area contributed by atoms with E-state index in [-0.39, 0.29) is 30.3 Å². The predicted molar refractivity (Wildman–Crippen MR) is 87.2 cm³/mol. The molecule has 4 nitrogen and oxygen atoms in total. The summed E-state index contributed by atoms with van der Waals surface area (Å²) >= 11 is 0. The fourth-order valence-electron chi connectivity index (χ4n) is 2.60. The minimum absolute atomic E-state index is 0. The minimum atomic E-state index is 0. The number of rotatable bonds is 6. The third-order valence-electron chi connectivity index (χ3n) is 3.98. The van der Waals surface area contributed by atoms with Gasteiger partial charge in [0.2, 0.25) is 5.91 Å². The summed E-state index contributed by atoms with van der Waals surface area (Å²) in [6, 6.07) is 8.30. The van der Waals surface area contributed by atoms with Gasteiger partial charge in [0, 0.05) is 25.7 Å². The normalized spacial score (nSPS) is 15.6. The maximum absolute atomic E-state index is 12.4. The van der Waals surface area contributed by atoms with Crippen LogP contribution >= 0.6 is 12.4 Å². The van der Waals surface area contributed by atoms with Gasteiger partial charge in [0.25, 0.3) is 0 Å². The number of likely N-dealkylation sites (N-methyl/N-ethyl adjacent to an activating group) is 1. The third kappa shape index (κ3) is 4.35. The molecule has 2 rings (SSSR count). The average molecular weight is 313 g/mol. The maximum atomic E-state index is 12.4. The van der Waals surface area contributed by atoms with Crippen LogP contribution in [-0.2, 0) is 11.2 Å². The highest BCUT2D eigenvalue weighted by atomic mass is 35.5. The maximum Gasteiger partial charge on any atom is 0.228 e. The Bertz CT molecular complexity index is 446. The lowest BCUT2D eigenvalue weighted by atomic mass is 9.99. The monoisotopic (exact) mass is 312 g/mol. The fraction of sp³-hybridized carbons (Fsp3) is 0.562. The average Bonchev–Trinajstić information content (AvgIpc) is 2.38. The number of halogens is 1. The summed E-state index contributed by atoms with van der Waals surface area (Å²) in [5.74, 6) is 1.32. The zero-order chi connectivity index (χ0) is 14.5. The quantitative estimate of drug-likeness (QED) is 0.875. The molecule has 1 saturated heterocycles. The number of carbonyl (C=O) groups excluding carboxylic acids is 1. The summed E-state index contributed by atoms with van der Waals surface area (Å²) in [4.78, 5) is 14.4. The van der Waals surface area contributed by atoms with E-state index in [0.717, 1.165) is 31.8 Å². The van der Waals surface area contributed by atoms with Crippen LogP contribution in [0.4, 0.5) is 0 Å². The second-order valence-corrected chi connectivity index (χ2v) is 5.38. The molecule has 1 aromatic carbocycles. The van der Waals surface area contributed by atoms with Gasteiger partial charge in [-0.05, 0) is 38.0 Å². The summed E-state index contributed by atoms with van der Waals surface area (Å²) in [7, 11) is 1.67. The Morgan fingerprint density at radius 2 is 2.00 bits per heavy atom. The zero-order valence-corrected chi connectivity index (χ0v) is 13.8. The molecule has 1 fully saturated rings. The lowest BCUT2D eigenvalue weighted by molar-refractivity contribution is -0.138. The van der Waals surface area contributed by atoms with Gasteiger partial charge in [-0.3, -0.25) is 4.79 Å². The Labute approximate surface area is 133 Å². The third-order valence-corrected chi connectivity index (χ3v) is 3.98. The molecule has 1 atom stereocenters. The SMILES string of the molecule is CCN(C(=O)C1CNC1)C(C)Cc1ccc(OC)cc1.Cl. The van der Waals surface area contributed by atoms with Gasteiger partial charge in [-0.2, -0.15) is 0 Å². The first kappa shape index (κ1) is 17.8. The van der Waals surface area contributed by atoms with E-state index in [2.05, 4.69) is 31.3 Å². The first-order chi connectivity index (χ1) is 9.65. The highest BCUT2D eigenvalue weighted by molar-refractivity contribution is 5.85. The van der Waals surface area contributed by atoms with Crippen LogP contribution in [0.5, 0.6) is 5.75 Å². The van der Waals surface area contributed by atoms with Gasteiger partial charge in [0.05, 0.1) is 13.0 Å². The van der Waals surface area contributed by atoms with Crippen molar-refractivity contribution in [1.29, 1.82) is 0 Å². The van der Waals surface area contributed by atoms with E-state index >= 15 is 0 Å². The van der Waals surface area contributed by atoms with Gasteiger partial charge in [0.1, 0.15) is 5.75 Å². The van der Waals surface area contributed by atoms with E-state index < -0.39 is 0 Å². The number of amides is 1. The van der Waals surface area contributed by atoms with E-state index in [0.29, 0.717) is 0 Å². The van der Waals surface area contributed by atoms with Crippen molar-refractivity contribution in [2.45, 2.75) is 26.3 Å². The molecule has 1 amide bonds. The van der Waals surface area contributed by atoms with Gasteiger partial charge < -0.3 is 15.0 Å². The summed E-state index contributed by atoms with van der Waals surface area (Å²) in [5, 5.41) is 3.16. The Kier molecular flexibility index (Phi) is 6.99. The molecule has 0 radical (unpaired) electrons. The molecule has 1 aliphatic rings. The van der Waals surface area contributed by atoms with Crippen molar-refractivity contribution >= 4 is 18.3 Å². The summed E-state index contributed by atoms with van der Waals surface area (Å²) in [6.07, 6.45) is 0.879. The van der Waals surface area contributed by atoms with Crippen molar-refractivity contribution in [3.05, 3.63) is 29.8 Å². The van der Waals surface area contributed by atoms with Crippen molar-refractivity contribution in [3.63, 3.8) is 0 Å². The summed E-state index contributed by atoms with van der Waals surface area (Å²) < 4.78 is 5.16. The first-order valence-corrected chi connectivity index (χ1v) is 7.29. The van der Waals surface area contributed by atoms with E-state index in [1.165, 1.54) is 5.56 Å². The summed E-state index contributed by atoms with van der Waals surface area (Å²) in [6.45, 7) is 6.59. The Balaban J connectivity index is 0.00000220. The largest absolute Gasteiger partial charge is 0.497 e. The lowest BCUT2D eigenvalue weighted by Crippen LogP contribution is -2.54. The number of hydrogen-bond acceptors (Lipinski definition) is 3. The van der Waals surface area contributed by atoms with E-state index in [1.807, 2.05) is 17.0 Å². The van der Waals surface area contributed by atoms with Crippen molar-refractivity contribution < 1.29 is 9.53 Å². The molecule has 21 heavy (non-hydrogen) atoms. The second kappa shape index (κ2) is 8.25. The van der Waals surface area contributed by atoms with Crippen LogP contribution in [0, 0.1) is 5.92 Å². The van der Waals surface area contributed by atoms with Crippen LogP contribution < -0.4 is 10.1 Å². The minimum Gasteiger partial charge on any atom is -0.497 e. The molecule has 0 saturated carbocycles. The molecule has 0 aromatic heterocycles. The molecular formula is C16H25ClN2O2. The van der Waals surface area contributed by atoms with Crippen molar-refractivity contribution in [2.75, 3.05) is 26.7 Å². The Hall–Kier alpha value is -1.26. The number of ether oxygens (including phenoxy) is 1. The standard InChI is InChI=1S/C16H24N2O2.ClH/c1-4-18(16(19)14-10-17-11-14)12(2)9-13-5-7-15(20-3)8-6-13;/h5-8,12,14,17H,4,9-11H2,1-3H3;1H. The van der Waals surface area contributed by atoms with Crippen LogP contribution in [0.25, 0.3) is 0 Å². The van der Waals surface area contributed by atoms with Crippen LogP contribution in [0.15, 0.2) is 24.3 Å². The molecule has 1 unspecified atom stereocenters. The van der Waals surface area contributed by atoms with Crippen LogP contribution in [0.2, 0.25) is 0 Å². The number of carbonyl (C=O) groups is 1. The second-order valence-electron chi connectivity index (χ2n) is 5.38. The number of benzene rings is 1. The van der Waals surface area contributed by atoms with E-state index in [1.54, 1.807) is 7.11 Å².